The number of fused-ring (bicyclic) bond motifs is 1. The summed E-state index contributed by atoms with van der Waals surface area (Å²) in [4.78, 5) is 30.0. The van der Waals surface area contributed by atoms with Gasteiger partial charge in [0.25, 0.3) is 0 Å². The Hall–Kier alpha value is -4.66. The summed E-state index contributed by atoms with van der Waals surface area (Å²) in [6.45, 7) is 1.98. The van der Waals surface area contributed by atoms with Gasteiger partial charge in [-0.25, -0.2) is 9.78 Å². The molecular weight excluding hydrogens is 458 g/mol. The number of amidine groups is 1. The number of nitrogens with zero attached hydrogens (tertiary/aromatic N) is 3. The average molecular weight is 486 g/mol. The van der Waals surface area contributed by atoms with E-state index < -0.39 is 12.1 Å². The molecule has 2 aromatic carbocycles. The van der Waals surface area contributed by atoms with Crippen molar-refractivity contribution in [3.8, 4) is 5.75 Å². The first kappa shape index (κ1) is 24.5. The van der Waals surface area contributed by atoms with Gasteiger partial charge in [0, 0.05) is 35.8 Å². The molecule has 0 unspecified atom stereocenters. The van der Waals surface area contributed by atoms with Crippen LogP contribution in [0.25, 0.3) is 5.65 Å². The van der Waals surface area contributed by atoms with Gasteiger partial charge in [0.2, 0.25) is 0 Å². The van der Waals surface area contributed by atoms with Gasteiger partial charge in [-0.2, -0.15) is 0 Å². The van der Waals surface area contributed by atoms with Gasteiger partial charge in [0.05, 0.1) is 12.1 Å². The van der Waals surface area contributed by atoms with Crippen LogP contribution in [-0.2, 0) is 17.6 Å². The molecule has 0 aliphatic rings. The number of carbonyl (C=O) groups is 2. The maximum absolute atomic E-state index is 12.9. The van der Waals surface area contributed by atoms with E-state index in [2.05, 4.69) is 0 Å². The predicted octanol–water partition coefficient (Wildman–Crippen LogP) is 4.19. The van der Waals surface area contributed by atoms with Gasteiger partial charge in [-0.05, 0) is 43.5 Å². The quantitative estimate of drug-likeness (QED) is 0.240. The number of ether oxygens (including phenoxy) is 1. The van der Waals surface area contributed by atoms with E-state index in [9.17, 15) is 9.59 Å². The number of carbonyl (C=O) groups excluding carboxylic acids is 1. The van der Waals surface area contributed by atoms with Crippen LogP contribution in [0.2, 0.25) is 0 Å². The highest BCUT2D eigenvalue weighted by Gasteiger charge is 2.20. The number of aliphatic carboxylic acids is 1. The Bertz CT molecular complexity index is 1400. The molecule has 2 heterocycles. The molecule has 9 nitrogen and oxygen atoms in total. The lowest BCUT2D eigenvalue weighted by atomic mass is 10.1. The van der Waals surface area contributed by atoms with Crippen molar-refractivity contribution in [2.75, 3.05) is 11.4 Å². The highest BCUT2D eigenvalue weighted by atomic mass is 16.6. The lowest BCUT2D eigenvalue weighted by Gasteiger charge is -2.21. The largest absolute Gasteiger partial charge is 0.481 e. The third-order valence-corrected chi connectivity index (χ3v) is 5.89. The van der Waals surface area contributed by atoms with Crippen molar-refractivity contribution in [2.24, 2.45) is 5.73 Å². The highest BCUT2D eigenvalue weighted by Crippen LogP contribution is 2.22. The molecule has 0 saturated heterocycles. The number of nitrogens with one attached hydrogen (secondary N) is 1. The normalized spacial score (nSPS) is 10.8. The number of aromatic nitrogens is 2. The molecule has 2 aromatic heterocycles. The number of pyridine rings is 1. The molecule has 0 bridgehead atoms. The van der Waals surface area contributed by atoms with Crippen LogP contribution in [0, 0.1) is 12.3 Å². The first-order valence-corrected chi connectivity index (χ1v) is 11.5. The fourth-order valence-corrected chi connectivity index (χ4v) is 3.91. The minimum Gasteiger partial charge on any atom is -0.481 e. The zero-order valence-electron chi connectivity index (χ0n) is 19.8. The maximum atomic E-state index is 12.9. The zero-order valence-corrected chi connectivity index (χ0v) is 19.8. The number of hydrogen-bond acceptors (Lipinski definition) is 5. The Labute approximate surface area is 208 Å². The van der Waals surface area contributed by atoms with Crippen molar-refractivity contribution in [1.82, 2.24) is 9.38 Å². The third-order valence-electron chi connectivity index (χ3n) is 5.89. The Balaban J connectivity index is 1.48. The van der Waals surface area contributed by atoms with Gasteiger partial charge in [-0.3, -0.25) is 15.1 Å². The molecule has 9 heteroatoms. The summed E-state index contributed by atoms with van der Waals surface area (Å²) in [6, 6.07) is 19.8. The number of nitrogens with two attached hydrogens (primary N) is 1. The molecule has 184 valence electrons. The van der Waals surface area contributed by atoms with Crippen LogP contribution < -0.4 is 15.4 Å². The van der Waals surface area contributed by atoms with E-state index in [4.69, 9.17) is 26.0 Å². The van der Waals surface area contributed by atoms with Crippen LogP contribution in [0.4, 0.5) is 10.5 Å². The third kappa shape index (κ3) is 5.69. The van der Waals surface area contributed by atoms with E-state index in [1.807, 2.05) is 41.7 Å². The minimum absolute atomic E-state index is 0.0134. The Kier molecular flexibility index (Phi) is 7.29. The fourth-order valence-electron chi connectivity index (χ4n) is 3.91. The number of hydrogen-bond donors (Lipinski definition) is 3. The predicted molar refractivity (Wildman–Crippen MR) is 137 cm³/mol. The number of para-hydroxylation sites is 1. The molecule has 36 heavy (non-hydrogen) atoms. The second kappa shape index (κ2) is 10.7. The van der Waals surface area contributed by atoms with E-state index in [0.717, 1.165) is 29.8 Å². The van der Waals surface area contributed by atoms with Crippen molar-refractivity contribution in [1.29, 1.82) is 5.41 Å². The van der Waals surface area contributed by atoms with Gasteiger partial charge >= 0.3 is 12.1 Å². The summed E-state index contributed by atoms with van der Waals surface area (Å²) >= 11 is 0. The summed E-state index contributed by atoms with van der Waals surface area (Å²) in [6.07, 6.45) is 2.43. The lowest BCUT2D eigenvalue weighted by molar-refractivity contribution is -0.136. The van der Waals surface area contributed by atoms with E-state index in [1.165, 1.54) is 4.90 Å². The number of aryl methyl sites for hydroxylation is 3. The molecule has 0 spiro atoms. The SMILES string of the molecule is Cc1c(CCc2ccc(C(=N)N)cc2)nc2cc(OC(=O)N(CCC(=O)O)c3ccccc3)ccn12. The van der Waals surface area contributed by atoms with E-state index in [0.29, 0.717) is 22.6 Å². The molecule has 0 saturated carbocycles. The first-order valence-electron chi connectivity index (χ1n) is 11.5. The molecule has 1 amide bonds. The average Bonchev–Trinajstić information content (AvgIpc) is 3.18. The number of carboxylic acids is 1. The van der Waals surface area contributed by atoms with E-state index >= 15 is 0 Å². The summed E-state index contributed by atoms with van der Waals surface area (Å²) < 4.78 is 7.53. The van der Waals surface area contributed by atoms with Crippen LogP contribution in [0.1, 0.15) is 28.9 Å². The van der Waals surface area contributed by atoms with Crippen LogP contribution in [0.3, 0.4) is 0 Å². The highest BCUT2D eigenvalue weighted by molar-refractivity contribution is 5.94. The number of anilines is 1. The second-order valence-electron chi connectivity index (χ2n) is 8.34. The van der Waals surface area contributed by atoms with Crippen molar-refractivity contribution in [3.63, 3.8) is 0 Å². The van der Waals surface area contributed by atoms with Gasteiger partial charge in [0.1, 0.15) is 17.2 Å². The summed E-state index contributed by atoms with van der Waals surface area (Å²) in [5, 5.41) is 16.6. The number of benzene rings is 2. The van der Waals surface area contributed by atoms with Crippen molar-refractivity contribution in [2.45, 2.75) is 26.2 Å². The van der Waals surface area contributed by atoms with Gasteiger partial charge < -0.3 is 20.0 Å². The molecular formula is C27H27N5O4. The Morgan fingerprint density at radius 1 is 1.08 bits per heavy atom. The van der Waals surface area contributed by atoms with Gasteiger partial charge in [-0.1, -0.05) is 42.5 Å². The van der Waals surface area contributed by atoms with Crippen LogP contribution in [0.5, 0.6) is 5.75 Å². The number of imidazole rings is 1. The second-order valence-corrected chi connectivity index (χ2v) is 8.34. The number of nitrogen functional groups attached to an aromatic ring is 1. The van der Waals surface area contributed by atoms with Crippen molar-refractivity contribution < 1.29 is 19.4 Å². The number of carboxylic acid groups (broad SMARTS) is 1. The van der Waals surface area contributed by atoms with E-state index in [1.54, 1.807) is 42.6 Å². The molecule has 0 aliphatic heterocycles. The summed E-state index contributed by atoms with van der Waals surface area (Å²) in [7, 11) is 0. The lowest BCUT2D eigenvalue weighted by Crippen LogP contribution is -2.35. The van der Waals surface area contributed by atoms with Crippen molar-refractivity contribution >= 4 is 29.2 Å². The van der Waals surface area contributed by atoms with Crippen LogP contribution in [-0.4, -0.2) is 38.9 Å². The molecule has 0 fully saturated rings. The number of rotatable bonds is 9. The molecule has 0 atom stereocenters. The molecule has 0 radical (unpaired) electrons. The van der Waals surface area contributed by atoms with Crippen molar-refractivity contribution in [3.05, 3.63) is 95.4 Å². The van der Waals surface area contributed by atoms with Gasteiger partial charge in [-0.15, -0.1) is 0 Å². The zero-order chi connectivity index (χ0) is 25.7. The molecule has 4 N–H and O–H groups in total. The molecule has 4 aromatic rings. The van der Waals surface area contributed by atoms with Crippen LogP contribution in [0.15, 0.2) is 72.9 Å². The van der Waals surface area contributed by atoms with Gasteiger partial charge in [0.15, 0.2) is 0 Å². The first-order chi connectivity index (χ1) is 17.3. The van der Waals surface area contributed by atoms with E-state index in [-0.39, 0.29) is 18.8 Å². The Morgan fingerprint density at radius 2 is 1.81 bits per heavy atom. The molecule has 4 rings (SSSR count). The summed E-state index contributed by atoms with van der Waals surface area (Å²) in [5.74, 6) is -0.636. The smallest absolute Gasteiger partial charge is 0.419 e. The summed E-state index contributed by atoms with van der Waals surface area (Å²) in [5.41, 5.74) is 10.5. The molecule has 0 aliphatic carbocycles. The van der Waals surface area contributed by atoms with Crippen LogP contribution >= 0.6 is 0 Å². The minimum atomic E-state index is -1.000. The fraction of sp³-hybridized carbons (Fsp3) is 0.185. The maximum Gasteiger partial charge on any atom is 0.419 e. The monoisotopic (exact) mass is 485 g/mol. The Morgan fingerprint density at radius 3 is 2.47 bits per heavy atom. The standard InChI is InChI=1S/C27H27N5O4/c1-18-23(12-9-19-7-10-20(11-8-19)26(28)29)30-24-17-22(13-15-31(18)24)36-27(35)32(16-14-25(33)34)21-5-3-2-4-6-21/h2-8,10-11,13,15,17H,9,12,14,16H2,1H3,(H3,28,29)(H,33,34). The topological polar surface area (TPSA) is 134 Å². The number of amides is 1.